The molecule has 5 aliphatic carbocycles. The van der Waals surface area contributed by atoms with Crippen LogP contribution >= 0.6 is 0 Å². The highest BCUT2D eigenvalue weighted by atomic mass is 14.9. The van der Waals surface area contributed by atoms with Gasteiger partial charge in [-0.2, -0.15) is 0 Å². The molecular formula is C113H112N4+4. The first kappa shape index (κ1) is 76.6. The molecule has 0 amide bonds. The van der Waals surface area contributed by atoms with Crippen molar-refractivity contribution >= 4 is 43.1 Å². The molecule has 1 saturated carbocycles. The standard InChI is InChI=1S/C29H28N.C29H30N.C28H28N.C27H26N/c1-19-24(28-18-22(15-16-30(28)2)20-7-3-4-8-20)13-14-26-27(19)17-23-12-11-21-9-5-6-10-25(21)29(23)26;1-19-23(27-16-20(14-15-30(27)5)18-29(2,3)4)12-13-25-26(19)17-22-11-10-21-8-6-7-9-24(21)28(22)25;1-18(2)15-20-13-14-29(4)27(16-20)23-11-12-25-26(19(23)3)17-22-10-9-21-7-5-6-8-24(21)28(22)25;1-17(2)20-13-14-28(4)26(16-20)22-11-12-24-25(18(22)3)15-21-10-9-19-7-5-6-8-23(19)27(21)24/h5-6,9-16,18,20H,3-4,7-8,17H2,1-2H3;6-16H,17-18H2,1-5H3;5-14,16,18H,15,17H2,1-4H3;5-14,16-17H,15H2,1-4H3/q4*+1. The van der Waals surface area contributed by atoms with Crippen LogP contribution in [0.1, 0.15) is 175 Å². The maximum Gasteiger partial charge on any atom is 0.212 e. The molecule has 0 spiro atoms. The number of fused-ring (bicyclic) bond motifs is 20. The van der Waals surface area contributed by atoms with Crippen LogP contribution in [0.2, 0.25) is 0 Å². The molecule has 0 bridgehead atoms. The van der Waals surface area contributed by atoms with E-state index in [-0.39, 0.29) is 5.41 Å². The minimum Gasteiger partial charge on any atom is -0.201 e. The smallest absolute Gasteiger partial charge is 0.201 e. The first-order valence-electron chi connectivity index (χ1n) is 43.1. The Labute approximate surface area is 694 Å². The Bertz CT molecular complexity index is 6660. The molecule has 21 rings (SSSR count). The van der Waals surface area contributed by atoms with Gasteiger partial charge < -0.3 is 0 Å². The van der Waals surface area contributed by atoms with Gasteiger partial charge in [0, 0.05) is 70.8 Å². The van der Waals surface area contributed by atoms with E-state index in [4.69, 9.17) is 0 Å². The van der Waals surface area contributed by atoms with Gasteiger partial charge in [0.2, 0.25) is 22.8 Å². The Balaban J connectivity index is 0.000000108. The molecular weight excluding hydrogens is 1410 g/mol. The van der Waals surface area contributed by atoms with E-state index in [9.17, 15) is 0 Å². The van der Waals surface area contributed by atoms with Crippen molar-refractivity contribution < 1.29 is 18.3 Å². The largest absolute Gasteiger partial charge is 0.212 e. The predicted octanol–water partition coefficient (Wildman–Crippen LogP) is 26.4. The minimum atomic E-state index is 0.285. The fraction of sp³-hybridized carbons (Fsp3) is 0.257. The maximum atomic E-state index is 2.46. The first-order valence-corrected chi connectivity index (χ1v) is 43.1. The number of aryl methyl sites for hydroxylation is 4. The summed E-state index contributed by atoms with van der Waals surface area (Å²) in [4.78, 5) is 0. The molecule has 117 heavy (non-hydrogen) atoms. The van der Waals surface area contributed by atoms with Crippen molar-refractivity contribution in [2.24, 2.45) is 39.5 Å². The Morgan fingerprint density at radius 1 is 0.325 bits per heavy atom. The second kappa shape index (κ2) is 31.0. The van der Waals surface area contributed by atoms with Gasteiger partial charge in [-0.15, -0.1) is 0 Å². The van der Waals surface area contributed by atoms with Crippen LogP contribution in [0.3, 0.4) is 0 Å². The Morgan fingerprint density at radius 3 is 0.983 bits per heavy atom. The Kier molecular flexibility index (Phi) is 20.3. The summed E-state index contributed by atoms with van der Waals surface area (Å²) >= 11 is 0. The van der Waals surface area contributed by atoms with E-state index in [1.54, 1.807) is 0 Å². The van der Waals surface area contributed by atoms with Gasteiger partial charge in [0.15, 0.2) is 24.8 Å². The number of hydrogen-bond acceptors (Lipinski definition) is 0. The zero-order valence-electron chi connectivity index (χ0n) is 71.5. The summed E-state index contributed by atoms with van der Waals surface area (Å²) in [5, 5.41) is 10.8. The van der Waals surface area contributed by atoms with Crippen molar-refractivity contribution in [1.29, 1.82) is 0 Å². The highest BCUT2D eigenvalue weighted by Crippen LogP contribution is 2.50. The summed E-state index contributed by atoms with van der Waals surface area (Å²) in [5.74, 6) is 1.94. The lowest BCUT2D eigenvalue weighted by molar-refractivity contribution is -0.660. The van der Waals surface area contributed by atoms with Crippen LogP contribution in [0.15, 0.2) is 267 Å². The van der Waals surface area contributed by atoms with E-state index in [1.807, 2.05) is 0 Å². The molecule has 4 aromatic heterocycles. The third-order valence-corrected chi connectivity index (χ3v) is 26.8. The molecule has 16 aromatic rings. The fourth-order valence-corrected chi connectivity index (χ4v) is 20.5. The average Bonchev–Trinajstić information content (AvgIpc) is 1.62. The minimum absolute atomic E-state index is 0.285. The number of benzene rings is 12. The zero-order valence-corrected chi connectivity index (χ0v) is 71.5. The molecule has 12 aromatic carbocycles. The van der Waals surface area contributed by atoms with E-state index >= 15 is 0 Å². The van der Waals surface area contributed by atoms with Gasteiger partial charge in [-0.1, -0.05) is 231 Å². The van der Waals surface area contributed by atoms with Crippen LogP contribution in [0.5, 0.6) is 0 Å². The lowest BCUT2D eigenvalue weighted by Crippen LogP contribution is -2.31. The van der Waals surface area contributed by atoms with Crippen LogP contribution in [0.25, 0.3) is 133 Å². The predicted molar refractivity (Wildman–Crippen MR) is 491 cm³/mol. The van der Waals surface area contributed by atoms with E-state index in [0.29, 0.717) is 11.8 Å². The third-order valence-electron chi connectivity index (χ3n) is 26.8. The number of pyridine rings is 4. The van der Waals surface area contributed by atoms with Gasteiger partial charge in [0.1, 0.15) is 28.2 Å². The van der Waals surface area contributed by atoms with Crippen LogP contribution in [0, 0.1) is 39.0 Å². The van der Waals surface area contributed by atoms with Crippen molar-refractivity contribution in [2.45, 2.75) is 152 Å². The molecule has 0 N–H and O–H groups in total. The van der Waals surface area contributed by atoms with Crippen molar-refractivity contribution in [3.05, 3.63) is 356 Å². The van der Waals surface area contributed by atoms with Crippen LogP contribution in [0.4, 0.5) is 0 Å². The van der Waals surface area contributed by atoms with Gasteiger partial charge in [-0.25, -0.2) is 18.3 Å². The molecule has 5 aliphatic rings. The molecule has 4 heteroatoms. The molecule has 1 fully saturated rings. The van der Waals surface area contributed by atoms with Gasteiger partial charge in [0.25, 0.3) is 0 Å². The second-order valence-corrected chi connectivity index (χ2v) is 36.5. The van der Waals surface area contributed by atoms with E-state index in [0.717, 1.165) is 44.4 Å². The number of hydrogen-bond donors (Lipinski definition) is 0. The monoisotopic (exact) mass is 1520 g/mol. The molecule has 580 valence electrons. The highest BCUT2D eigenvalue weighted by molar-refractivity contribution is 6.05. The lowest BCUT2D eigenvalue weighted by atomic mass is 9.87. The van der Waals surface area contributed by atoms with Crippen molar-refractivity contribution in [3.63, 3.8) is 0 Å². The summed E-state index contributed by atoms with van der Waals surface area (Å²) in [6.45, 7) is 25.2. The normalized spacial score (nSPS) is 13.3. The molecule has 0 unspecified atom stereocenters. The van der Waals surface area contributed by atoms with E-state index in [2.05, 4.69) is 390 Å². The Hall–Kier alpha value is -11.7. The first-order chi connectivity index (χ1) is 56.6. The lowest BCUT2D eigenvalue weighted by Gasteiger charge is -2.18. The SMILES string of the molecule is Cc1c(-c2cc(C(C)C)cc[n+]2C)ccc2c1Cc1ccc3ccccc3c1-2.Cc1c(-c2cc(C3CCCC3)cc[n+]2C)ccc2c1Cc1ccc3ccccc3c1-2.Cc1c(-c2cc(CC(C)(C)C)cc[n+]2C)ccc2c1Cc1ccc3ccccc3c1-2.Cc1c(-c2cc(CC(C)C)cc[n+]2C)ccc2c1Cc1ccc3ccccc3c1-2. The third kappa shape index (κ3) is 14.3. The molecule has 0 radical (unpaired) electrons. The topological polar surface area (TPSA) is 15.5 Å². The van der Waals surface area contributed by atoms with Crippen LogP contribution < -0.4 is 18.3 Å². The molecule has 4 heterocycles. The van der Waals surface area contributed by atoms with Crippen LogP contribution in [-0.4, -0.2) is 0 Å². The Morgan fingerprint density at radius 2 is 0.632 bits per heavy atom. The van der Waals surface area contributed by atoms with Gasteiger partial charge in [-0.05, 0) is 303 Å². The number of aromatic nitrogens is 4. The van der Waals surface area contributed by atoms with Crippen molar-refractivity contribution in [1.82, 2.24) is 0 Å². The molecule has 4 nitrogen and oxygen atoms in total. The van der Waals surface area contributed by atoms with Crippen molar-refractivity contribution in [2.75, 3.05) is 0 Å². The quantitative estimate of drug-likeness (QED) is 0.128. The molecule has 0 atom stereocenters. The van der Waals surface area contributed by atoms with Crippen LogP contribution in [-0.2, 0) is 66.7 Å². The average molecular weight is 1530 g/mol. The highest BCUT2D eigenvalue weighted by Gasteiger charge is 2.32. The zero-order chi connectivity index (χ0) is 80.8. The van der Waals surface area contributed by atoms with E-state index in [1.165, 1.54) is 247 Å². The van der Waals surface area contributed by atoms with Gasteiger partial charge in [0.05, 0.1) is 0 Å². The summed E-state index contributed by atoms with van der Waals surface area (Å²) in [6.07, 6.45) is 20.7. The van der Waals surface area contributed by atoms with Gasteiger partial charge in [-0.3, -0.25) is 0 Å². The van der Waals surface area contributed by atoms with E-state index < -0.39 is 0 Å². The number of nitrogens with zero attached hydrogens (tertiary/aromatic N) is 4. The molecule has 0 saturated heterocycles. The summed E-state index contributed by atoms with van der Waals surface area (Å²) in [5.41, 5.74) is 45.6. The summed E-state index contributed by atoms with van der Waals surface area (Å²) in [6, 6.07) is 90.9. The van der Waals surface area contributed by atoms with Gasteiger partial charge >= 0.3 is 0 Å². The van der Waals surface area contributed by atoms with Crippen molar-refractivity contribution in [3.8, 4) is 89.5 Å². The second-order valence-electron chi connectivity index (χ2n) is 36.5. The maximum absolute atomic E-state index is 2.46. The molecule has 0 aliphatic heterocycles. The fourth-order valence-electron chi connectivity index (χ4n) is 20.5. The summed E-state index contributed by atoms with van der Waals surface area (Å²) in [7, 11) is 8.64. The number of rotatable bonds is 9. The summed E-state index contributed by atoms with van der Waals surface area (Å²) < 4.78 is 9.07.